The second kappa shape index (κ2) is 6.60. The van der Waals surface area contributed by atoms with E-state index in [1.54, 1.807) is 12.1 Å². The lowest BCUT2D eigenvalue weighted by Gasteiger charge is -2.02. The number of benzene rings is 2. The predicted molar refractivity (Wildman–Crippen MR) is 74.4 cm³/mol. The quantitative estimate of drug-likeness (QED) is 0.695. The third kappa shape index (κ3) is 3.62. The summed E-state index contributed by atoms with van der Waals surface area (Å²) in [5.74, 6) is -1.75. The van der Waals surface area contributed by atoms with Gasteiger partial charge in [-0.05, 0) is 35.9 Å². The molecular formula is C15H12F2N2O2. The molecule has 1 N–H and O–H groups in total. The Hall–Kier alpha value is -2.76. The number of methoxy groups -OCH3 is 1. The van der Waals surface area contributed by atoms with Crippen molar-refractivity contribution in [2.75, 3.05) is 7.11 Å². The lowest BCUT2D eigenvalue weighted by atomic mass is 10.2. The first-order valence-electron chi connectivity index (χ1n) is 6.03. The van der Waals surface area contributed by atoms with Gasteiger partial charge in [0.25, 0.3) is 5.91 Å². The van der Waals surface area contributed by atoms with Gasteiger partial charge < -0.3 is 4.74 Å². The molecule has 0 spiro atoms. The van der Waals surface area contributed by atoms with E-state index in [-0.39, 0.29) is 11.3 Å². The highest BCUT2D eigenvalue weighted by atomic mass is 19.1. The summed E-state index contributed by atoms with van der Waals surface area (Å²) in [5, 5.41) is 3.66. The van der Waals surface area contributed by atoms with Crippen LogP contribution in [0.2, 0.25) is 0 Å². The Bertz CT molecular complexity index is 687. The smallest absolute Gasteiger partial charge is 0.274 e. The average Bonchev–Trinajstić information content (AvgIpc) is 2.48. The molecule has 0 saturated heterocycles. The SMILES string of the molecule is COc1ccc(/C=N\NC(=O)c2ccccc2F)cc1F. The molecular weight excluding hydrogens is 278 g/mol. The number of hydrogen-bond donors (Lipinski definition) is 1. The summed E-state index contributed by atoms with van der Waals surface area (Å²) in [5.41, 5.74) is 2.49. The molecule has 0 radical (unpaired) electrons. The molecule has 2 rings (SSSR count). The highest BCUT2D eigenvalue weighted by Crippen LogP contribution is 2.16. The van der Waals surface area contributed by atoms with Crippen molar-refractivity contribution in [3.63, 3.8) is 0 Å². The van der Waals surface area contributed by atoms with Gasteiger partial charge in [0.15, 0.2) is 11.6 Å². The van der Waals surface area contributed by atoms with Gasteiger partial charge in [-0.1, -0.05) is 12.1 Å². The molecule has 6 heteroatoms. The molecule has 0 saturated carbocycles. The summed E-state index contributed by atoms with van der Waals surface area (Å²) in [6, 6.07) is 9.76. The Labute approximate surface area is 120 Å². The summed E-state index contributed by atoms with van der Waals surface area (Å²) < 4.78 is 31.6. The number of nitrogens with zero attached hydrogens (tertiary/aromatic N) is 1. The number of nitrogens with one attached hydrogen (secondary N) is 1. The van der Waals surface area contributed by atoms with Crippen molar-refractivity contribution in [1.29, 1.82) is 0 Å². The van der Waals surface area contributed by atoms with Gasteiger partial charge in [0.1, 0.15) is 5.82 Å². The van der Waals surface area contributed by atoms with Crippen LogP contribution in [0.5, 0.6) is 5.75 Å². The molecule has 4 nitrogen and oxygen atoms in total. The van der Waals surface area contributed by atoms with E-state index in [2.05, 4.69) is 10.5 Å². The molecule has 2 aromatic carbocycles. The second-order valence-corrected chi connectivity index (χ2v) is 4.07. The Morgan fingerprint density at radius 2 is 1.95 bits per heavy atom. The van der Waals surface area contributed by atoms with Gasteiger partial charge in [0.05, 0.1) is 18.9 Å². The fourth-order valence-electron chi connectivity index (χ4n) is 1.63. The van der Waals surface area contributed by atoms with Crippen LogP contribution < -0.4 is 10.2 Å². The number of halogens is 2. The second-order valence-electron chi connectivity index (χ2n) is 4.07. The number of hydrazone groups is 1. The third-order valence-corrected chi connectivity index (χ3v) is 2.67. The number of rotatable bonds is 4. The first-order valence-corrected chi connectivity index (χ1v) is 6.03. The van der Waals surface area contributed by atoms with Crippen LogP contribution in [0.1, 0.15) is 15.9 Å². The molecule has 0 aliphatic heterocycles. The van der Waals surface area contributed by atoms with E-state index in [0.717, 1.165) is 0 Å². The lowest BCUT2D eigenvalue weighted by Crippen LogP contribution is -2.18. The molecule has 2 aromatic rings. The third-order valence-electron chi connectivity index (χ3n) is 2.67. The van der Waals surface area contributed by atoms with Gasteiger partial charge in [0, 0.05) is 0 Å². The topological polar surface area (TPSA) is 50.7 Å². The van der Waals surface area contributed by atoms with E-state index in [1.807, 2.05) is 0 Å². The molecule has 0 heterocycles. The normalized spacial score (nSPS) is 10.6. The molecule has 0 aliphatic rings. The number of amides is 1. The summed E-state index contributed by atoms with van der Waals surface area (Å²) in [6.07, 6.45) is 1.25. The predicted octanol–water partition coefficient (Wildman–Crippen LogP) is 2.74. The van der Waals surface area contributed by atoms with Crippen LogP contribution in [0, 0.1) is 11.6 Å². The lowest BCUT2D eigenvalue weighted by molar-refractivity contribution is 0.0951. The summed E-state index contributed by atoms with van der Waals surface area (Å²) in [4.78, 5) is 11.7. The molecule has 0 aromatic heterocycles. The van der Waals surface area contributed by atoms with Crippen LogP contribution in [0.3, 0.4) is 0 Å². The Balaban J connectivity index is 2.04. The van der Waals surface area contributed by atoms with Crippen molar-refractivity contribution in [1.82, 2.24) is 5.43 Å². The zero-order valence-electron chi connectivity index (χ0n) is 11.1. The number of hydrogen-bond acceptors (Lipinski definition) is 3. The van der Waals surface area contributed by atoms with Crippen LogP contribution in [-0.4, -0.2) is 19.2 Å². The van der Waals surface area contributed by atoms with Crippen molar-refractivity contribution in [2.24, 2.45) is 5.10 Å². The molecule has 21 heavy (non-hydrogen) atoms. The molecule has 0 atom stereocenters. The standard InChI is InChI=1S/C15H12F2N2O2/c1-21-14-7-6-10(8-13(14)17)9-18-19-15(20)11-4-2-3-5-12(11)16/h2-9H,1H3,(H,19,20)/b18-9-. The minimum atomic E-state index is -0.682. The van der Waals surface area contributed by atoms with E-state index in [4.69, 9.17) is 4.74 Å². The summed E-state index contributed by atoms with van der Waals surface area (Å²) in [7, 11) is 1.36. The maximum Gasteiger partial charge on any atom is 0.274 e. The van der Waals surface area contributed by atoms with Gasteiger partial charge >= 0.3 is 0 Å². The minimum Gasteiger partial charge on any atom is -0.494 e. The van der Waals surface area contributed by atoms with E-state index >= 15 is 0 Å². The molecule has 108 valence electrons. The Morgan fingerprint density at radius 1 is 1.19 bits per heavy atom. The monoisotopic (exact) mass is 290 g/mol. The van der Waals surface area contributed by atoms with E-state index < -0.39 is 17.5 Å². The van der Waals surface area contributed by atoms with Crippen molar-refractivity contribution >= 4 is 12.1 Å². The molecule has 0 unspecified atom stereocenters. The first-order chi connectivity index (χ1) is 10.1. The first kappa shape index (κ1) is 14.6. The van der Waals surface area contributed by atoms with Crippen LogP contribution in [0.4, 0.5) is 8.78 Å². The van der Waals surface area contributed by atoms with Gasteiger partial charge in [0.2, 0.25) is 0 Å². The Kier molecular flexibility index (Phi) is 4.61. The molecule has 0 bridgehead atoms. The largest absolute Gasteiger partial charge is 0.494 e. The zero-order valence-corrected chi connectivity index (χ0v) is 11.1. The van der Waals surface area contributed by atoms with Crippen LogP contribution in [0.25, 0.3) is 0 Å². The van der Waals surface area contributed by atoms with Gasteiger partial charge in [-0.15, -0.1) is 0 Å². The van der Waals surface area contributed by atoms with Crippen LogP contribution >= 0.6 is 0 Å². The summed E-state index contributed by atoms with van der Waals surface area (Å²) >= 11 is 0. The number of ether oxygens (including phenoxy) is 1. The van der Waals surface area contributed by atoms with Gasteiger partial charge in [-0.3, -0.25) is 4.79 Å². The van der Waals surface area contributed by atoms with E-state index in [0.29, 0.717) is 5.56 Å². The average molecular weight is 290 g/mol. The van der Waals surface area contributed by atoms with Gasteiger partial charge in [-0.25, -0.2) is 14.2 Å². The van der Waals surface area contributed by atoms with Crippen molar-refractivity contribution in [3.8, 4) is 5.75 Å². The van der Waals surface area contributed by atoms with Crippen molar-refractivity contribution < 1.29 is 18.3 Å². The maximum atomic E-state index is 13.4. The number of carbonyl (C=O) groups is 1. The Morgan fingerprint density at radius 3 is 2.62 bits per heavy atom. The van der Waals surface area contributed by atoms with Crippen molar-refractivity contribution in [3.05, 3.63) is 65.2 Å². The maximum absolute atomic E-state index is 13.4. The van der Waals surface area contributed by atoms with E-state index in [9.17, 15) is 13.6 Å². The molecule has 0 fully saturated rings. The summed E-state index contributed by atoms with van der Waals surface area (Å²) in [6.45, 7) is 0. The van der Waals surface area contributed by atoms with Gasteiger partial charge in [-0.2, -0.15) is 5.10 Å². The van der Waals surface area contributed by atoms with Crippen LogP contribution in [0.15, 0.2) is 47.6 Å². The minimum absolute atomic E-state index is 0.113. The van der Waals surface area contributed by atoms with Crippen LogP contribution in [-0.2, 0) is 0 Å². The fraction of sp³-hybridized carbons (Fsp3) is 0.0667. The highest BCUT2D eigenvalue weighted by Gasteiger charge is 2.09. The number of carbonyl (C=O) groups excluding carboxylic acids is 1. The fourth-order valence-corrected chi connectivity index (χ4v) is 1.63. The zero-order chi connectivity index (χ0) is 15.2. The highest BCUT2D eigenvalue weighted by molar-refractivity contribution is 5.95. The van der Waals surface area contributed by atoms with E-state index in [1.165, 1.54) is 43.7 Å². The molecule has 1 amide bonds. The molecule has 0 aliphatic carbocycles. The van der Waals surface area contributed by atoms with Crippen molar-refractivity contribution in [2.45, 2.75) is 0 Å².